The lowest BCUT2D eigenvalue weighted by Crippen LogP contribution is -2.30. The molecule has 1 atom stereocenters. The van der Waals surface area contributed by atoms with E-state index in [1.165, 1.54) is 11.3 Å². The number of carbonyl (C=O) groups excluding carboxylic acids is 1. The highest BCUT2D eigenvalue weighted by Gasteiger charge is 2.18. The molecule has 0 radical (unpaired) electrons. The summed E-state index contributed by atoms with van der Waals surface area (Å²) in [6.07, 6.45) is 6.80. The van der Waals surface area contributed by atoms with Gasteiger partial charge in [-0.25, -0.2) is 4.79 Å². The summed E-state index contributed by atoms with van der Waals surface area (Å²) >= 11 is 1.20. The van der Waals surface area contributed by atoms with Crippen LogP contribution in [-0.2, 0) is 11.3 Å². The van der Waals surface area contributed by atoms with Gasteiger partial charge in [0.1, 0.15) is 4.88 Å². The van der Waals surface area contributed by atoms with Crippen molar-refractivity contribution in [2.45, 2.75) is 25.8 Å². The van der Waals surface area contributed by atoms with Gasteiger partial charge in [0.2, 0.25) is 5.91 Å². The Balaban J connectivity index is 1.85. The minimum Gasteiger partial charge on any atom is -0.477 e. The molecule has 5 heteroatoms. The first kappa shape index (κ1) is 12.8. The molecule has 18 heavy (non-hydrogen) atoms. The van der Waals surface area contributed by atoms with Crippen molar-refractivity contribution in [3.05, 3.63) is 34.0 Å². The average molecular weight is 265 g/mol. The first-order valence-electron chi connectivity index (χ1n) is 5.91. The molecule has 1 heterocycles. The van der Waals surface area contributed by atoms with Gasteiger partial charge in [0, 0.05) is 10.8 Å². The molecule has 0 bridgehead atoms. The number of allylic oxidation sites excluding steroid dienone is 2. The lowest BCUT2D eigenvalue weighted by Gasteiger charge is -2.16. The van der Waals surface area contributed by atoms with Crippen LogP contribution < -0.4 is 5.32 Å². The summed E-state index contributed by atoms with van der Waals surface area (Å²) in [6.45, 7) is 0.414. The SMILES string of the molecule is O=C(O)c1ccc(CNC(=O)C2CC=CCC2)s1. The first-order valence-corrected chi connectivity index (χ1v) is 6.73. The first-order chi connectivity index (χ1) is 8.66. The van der Waals surface area contributed by atoms with E-state index in [0.29, 0.717) is 11.4 Å². The normalized spacial score (nSPS) is 18.6. The highest BCUT2D eigenvalue weighted by molar-refractivity contribution is 7.13. The summed E-state index contributed by atoms with van der Waals surface area (Å²) < 4.78 is 0. The molecule has 1 aliphatic rings. The smallest absolute Gasteiger partial charge is 0.345 e. The lowest BCUT2D eigenvalue weighted by molar-refractivity contribution is -0.125. The fourth-order valence-corrected chi connectivity index (χ4v) is 2.72. The number of hydrogen-bond acceptors (Lipinski definition) is 3. The van der Waals surface area contributed by atoms with Crippen molar-refractivity contribution in [3.8, 4) is 0 Å². The van der Waals surface area contributed by atoms with Gasteiger partial charge in [0.05, 0.1) is 6.54 Å². The van der Waals surface area contributed by atoms with Gasteiger partial charge in [-0.3, -0.25) is 4.79 Å². The monoisotopic (exact) mass is 265 g/mol. The molecule has 0 aromatic carbocycles. The van der Waals surface area contributed by atoms with Crippen LogP contribution in [0.4, 0.5) is 0 Å². The average Bonchev–Trinajstić information content (AvgIpc) is 2.86. The van der Waals surface area contributed by atoms with Crippen LogP contribution in [0.1, 0.15) is 33.8 Å². The van der Waals surface area contributed by atoms with Crippen LogP contribution in [-0.4, -0.2) is 17.0 Å². The molecule has 2 rings (SSSR count). The van der Waals surface area contributed by atoms with Crippen LogP contribution >= 0.6 is 11.3 Å². The van der Waals surface area contributed by atoms with Crippen molar-refractivity contribution in [3.63, 3.8) is 0 Å². The maximum atomic E-state index is 11.9. The quantitative estimate of drug-likeness (QED) is 0.822. The molecule has 1 aliphatic carbocycles. The van der Waals surface area contributed by atoms with Gasteiger partial charge in [-0.1, -0.05) is 12.2 Å². The molecule has 0 saturated carbocycles. The minimum atomic E-state index is -0.921. The summed E-state index contributed by atoms with van der Waals surface area (Å²) in [4.78, 5) is 23.7. The predicted octanol–water partition coefficient (Wildman–Crippen LogP) is 2.42. The summed E-state index contributed by atoms with van der Waals surface area (Å²) in [6, 6.07) is 3.31. The Morgan fingerprint density at radius 1 is 1.39 bits per heavy atom. The van der Waals surface area contributed by atoms with Gasteiger partial charge in [0.15, 0.2) is 0 Å². The predicted molar refractivity (Wildman–Crippen MR) is 69.6 cm³/mol. The number of carboxylic acids is 1. The second-order valence-electron chi connectivity index (χ2n) is 4.27. The molecule has 0 aliphatic heterocycles. The Morgan fingerprint density at radius 2 is 2.22 bits per heavy atom. The van der Waals surface area contributed by atoms with E-state index in [9.17, 15) is 9.59 Å². The molecule has 1 aromatic rings. The van der Waals surface area contributed by atoms with E-state index < -0.39 is 5.97 Å². The molecular formula is C13H15NO3S. The number of hydrogen-bond donors (Lipinski definition) is 2. The fourth-order valence-electron chi connectivity index (χ4n) is 1.94. The summed E-state index contributed by atoms with van der Waals surface area (Å²) in [5.41, 5.74) is 0. The Morgan fingerprint density at radius 3 is 2.83 bits per heavy atom. The van der Waals surface area contributed by atoms with Crippen molar-refractivity contribution in [1.82, 2.24) is 5.32 Å². The van der Waals surface area contributed by atoms with Crippen molar-refractivity contribution in [1.29, 1.82) is 0 Å². The van der Waals surface area contributed by atoms with E-state index in [1.807, 2.05) is 6.08 Å². The summed E-state index contributed by atoms with van der Waals surface area (Å²) in [7, 11) is 0. The Hall–Kier alpha value is -1.62. The third-order valence-electron chi connectivity index (χ3n) is 2.95. The van der Waals surface area contributed by atoms with E-state index in [-0.39, 0.29) is 11.8 Å². The van der Waals surface area contributed by atoms with Gasteiger partial charge in [0.25, 0.3) is 0 Å². The van der Waals surface area contributed by atoms with E-state index in [1.54, 1.807) is 12.1 Å². The molecule has 1 amide bonds. The second-order valence-corrected chi connectivity index (χ2v) is 5.44. The van der Waals surface area contributed by atoms with Crippen LogP contribution in [0.2, 0.25) is 0 Å². The van der Waals surface area contributed by atoms with Crippen molar-refractivity contribution in [2.75, 3.05) is 0 Å². The van der Waals surface area contributed by atoms with Crippen LogP contribution in [0, 0.1) is 5.92 Å². The molecule has 1 aromatic heterocycles. The van der Waals surface area contributed by atoms with E-state index in [2.05, 4.69) is 11.4 Å². The molecule has 0 fully saturated rings. The number of carboxylic acid groups (broad SMARTS) is 1. The van der Waals surface area contributed by atoms with Crippen LogP contribution in [0.25, 0.3) is 0 Å². The van der Waals surface area contributed by atoms with Gasteiger partial charge >= 0.3 is 5.97 Å². The molecule has 96 valence electrons. The highest BCUT2D eigenvalue weighted by Crippen LogP contribution is 2.19. The molecule has 1 unspecified atom stereocenters. The maximum absolute atomic E-state index is 11.9. The van der Waals surface area contributed by atoms with Gasteiger partial charge < -0.3 is 10.4 Å². The Bertz CT molecular complexity index is 478. The lowest BCUT2D eigenvalue weighted by atomic mass is 9.94. The number of amides is 1. The zero-order chi connectivity index (χ0) is 13.0. The van der Waals surface area contributed by atoms with Gasteiger partial charge in [-0.15, -0.1) is 11.3 Å². The number of thiophene rings is 1. The van der Waals surface area contributed by atoms with Gasteiger partial charge in [-0.2, -0.15) is 0 Å². The standard InChI is InChI=1S/C13H15NO3S/c15-12(9-4-2-1-3-5-9)14-8-10-6-7-11(18-10)13(16)17/h1-2,6-7,9H,3-5,8H2,(H,14,15)(H,16,17). The van der Waals surface area contributed by atoms with Crippen LogP contribution in [0.15, 0.2) is 24.3 Å². The van der Waals surface area contributed by atoms with Crippen molar-refractivity contribution >= 4 is 23.2 Å². The number of nitrogens with one attached hydrogen (secondary N) is 1. The van der Waals surface area contributed by atoms with Gasteiger partial charge in [-0.05, 0) is 31.4 Å². The zero-order valence-corrected chi connectivity index (χ0v) is 10.7. The zero-order valence-electron chi connectivity index (χ0n) is 9.89. The Labute approximate surface area is 109 Å². The number of rotatable bonds is 4. The minimum absolute atomic E-state index is 0.0598. The third-order valence-corrected chi connectivity index (χ3v) is 4.02. The van der Waals surface area contributed by atoms with Crippen molar-refractivity contribution in [2.24, 2.45) is 5.92 Å². The molecule has 0 spiro atoms. The topological polar surface area (TPSA) is 66.4 Å². The largest absolute Gasteiger partial charge is 0.477 e. The Kier molecular flexibility index (Phi) is 4.15. The number of aromatic carboxylic acids is 1. The van der Waals surface area contributed by atoms with E-state index in [4.69, 9.17) is 5.11 Å². The summed E-state index contributed by atoms with van der Waals surface area (Å²) in [5, 5.41) is 11.7. The van der Waals surface area contributed by atoms with Crippen LogP contribution in [0.5, 0.6) is 0 Å². The van der Waals surface area contributed by atoms with Crippen molar-refractivity contribution < 1.29 is 14.7 Å². The fraction of sp³-hybridized carbons (Fsp3) is 0.385. The number of carbonyl (C=O) groups is 2. The third kappa shape index (κ3) is 3.20. The second kappa shape index (κ2) is 5.82. The van der Waals surface area contributed by atoms with Crippen LogP contribution in [0.3, 0.4) is 0 Å². The summed E-state index contributed by atoms with van der Waals surface area (Å²) in [5.74, 6) is -0.798. The molecule has 2 N–H and O–H groups in total. The maximum Gasteiger partial charge on any atom is 0.345 e. The van der Waals surface area contributed by atoms with E-state index in [0.717, 1.165) is 24.1 Å². The molecular weight excluding hydrogens is 250 g/mol. The highest BCUT2D eigenvalue weighted by atomic mass is 32.1. The molecule has 4 nitrogen and oxygen atoms in total. The van der Waals surface area contributed by atoms with E-state index >= 15 is 0 Å². The molecule has 0 saturated heterocycles.